The zero-order chi connectivity index (χ0) is 23.8. The zero-order valence-corrected chi connectivity index (χ0v) is 19.3. The number of rotatable bonds is 7. The summed E-state index contributed by atoms with van der Waals surface area (Å²) in [6.07, 6.45) is 1.60. The largest absolute Gasteiger partial charge is 0.481 e. The number of alkyl carbamates (subject to hydrolysis) is 1. The first-order chi connectivity index (χ1) is 16.4. The van der Waals surface area contributed by atoms with E-state index >= 15 is 0 Å². The van der Waals surface area contributed by atoms with E-state index in [4.69, 9.17) is 4.74 Å². The van der Waals surface area contributed by atoms with Crippen molar-refractivity contribution in [2.45, 2.75) is 38.1 Å². The Morgan fingerprint density at radius 3 is 2.21 bits per heavy atom. The summed E-state index contributed by atoms with van der Waals surface area (Å²) < 4.78 is 5.67. The van der Waals surface area contributed by atoms with Gasteiger partial charge in [-0.05, 0) is 46.9 Å². The maximum Gasteiger partial charge on any atom is 0.407 e. The van der Waals surface area contributed by atoms with Gasteiger partial charge in [0.05, 0.1) is 5.92 Å². The molecular weight excluding hydrogens is 432 g/mol. The van der Waals surface area contributed by atoms with E-state index in [-0.39, 0.29) is 49.3 Å². The molecule has 3 aliphatic rings. The molecule has 5 rings (SSSR count). The topological polar surface area (TPSA) is 95.9 Å². The number of carbonyl (C=O) groups is 3. The van der Waals surface area contributed by atoms with Gasteiger partial charge in [0.25, 0.3) is 0 Å². The molecule has 1 unspecified atom stereocenters. The molecule has 0 radical (unpaired) electrons. The van der Waals surface area contributed by atoms with Gasteiger partial charge in [-0.3, -0.25) is 9.59 Å². The minimum absolute atomic E-state index is 0.0156. The molecule has 2 N–H and O–H groups in total. The molecule has 7 nitrogen and oxygen atoms in total. The van der Waals surface area contributed by atoms with Crippen LogP contribution in [-0.2, 0) is 14.3 Å². The van der Waals surface area contributed by atoms with Gasteiger partial charge in [0.2, 0.25) is 5.91 Å². The number of carbonyl (C=O) groups excluding carboxylic acids is 2. The van der Waals surface area contributed by atoms with Crippen molar-refractivity contribution in [3.8, 4) is 11.1 Å². The van der Waals surface area contributed by atoms with E-state index in [0.29, 0.717) is 6.54 Å². The third kappa shape index (κ3) is 4.39. The molecule has 34 heavy (non-hydrogen) atoms. The number of amides is 2. The fraction of sp³-hybridized carbons (Fsp3) is 0.444. The third-order valence-corrected chi connectivity index (χ3v) is 7.51. The van der Waals surface area contributed by atoms with Crippen molar-refractivity contribution in [3.63, 3.8) is 0 Å². The first-order valence-electron chi connectivity index (χ1n) is 12.0. The second-order valence-corrected chi connectivity index (χ2v) is 9.84. The van der Waals surface area contributed by atoms with Crippen molar-refractivity contribution in [2.75, 3.05) is 19.7 Å². The lowest BCUT2D eigenvalue weighted by Gasteiger charge is -2.22. The van der Waals surface area contributed by atoms with Gasteiger partial charge in [-0.25, -0.2) is 4.79 Å². The van der Waals surface area contributed by atoms with Gasteiger partial charge in [0.15, 0.2) is 0 Å². The van der Waals surface area contributed by atoms with Gasteiger partial charge in [0, 0.05) is 31.5 Å². The van der Waals surface area contributed by atoms with Gasteiger partial charge in [0.1, 0.15) is 6.61 Å². The fourth-order valence-corrected chi connectivity index (χ4v) is 5.43. The van der Waals surface area contributed by atoms with Crippen LogP contribution < -0.4 is 5.32 Å². The summed E-state index contributed by atoms with van der Waals surface area (Å²) in [5, 5.41) is 12.3. The lowest BCUT2D eigenvalue weighted by Crippen LogP contribution is -2.42. The SMILES string of the molecule is C[C@@H]1CN(C(=O)CC(NC(=O)OCC2c3ccccc3-c3ccccc32)C2CC2)C[C@H]1C(=O)O. The van der Waals surface area contributed by atoms with E-state index in [0.717, 1.165) is 24.0 Å². The Kier molecular flexibility index (Phi) is 6.02. The molecule has 2 aliphatic carbocycles. The van der Waals surface area contributed by atoms with Gasteiger partial charge in [-0.2, -0.15) is 0 Å². The number of carboxylic acid groups (broad SMARTS) is 1. The number of nitrogens with zero attached hydrogens (tertiary/aromatic N) is 1. The maximum absolute atomic E-state index is 12.9. The smallest absolute Gasteiger partial charge is 0.407 e. The molecule has 2 aromatic carbocycles. The standard InChI is InChI=1S/C27H30N2O5/c1-16-13-29(14-22(16)26(31)32)25(30)12-24(17-10-11-17)28-27(33)34-15-23-20-8-4-2-6-18(20)19-7-3-5-9-21(19)23/h2-9,16-17,22-24H,10-15H2,1H3,(H,28,33)(H,31,32)/t16-,22-,24?/m1/s1. The minimum atomic E-state index is -0.863. The number of likely N-dealkylation sites (tertiary alicyclic amines) is 1. The van der Waals surface area contributed by atoms with Crippen molar-refractivity contribution in [1.82, 2.24) is 10.2 Å². The average Bonchev–Trinajstić information content (AvgIpc) is 3.52. The molecule has 7 heteroatoms. The van der Waals surface area contributed by atoms with Crippen LogP contribution in [0, 0.1) is 17.8 Å². The molecule has 1 saturated carbocycles. The molecule has 1 aliphatic heterocycles. The molecule has 2 aromatic rings. The monoisotopic (exact) mass is 462 g/mol. The fourth-order valence-electron chi connectivity index (χ4n) is 5.43. The van der Waals surface area contributed by atoms with Crippen LogP contribution in [0.3, 0.4) is 0 Å². The maximum atomic E-state index is 12.9. The highest BCUT2D eigenvalue weighted by Gasteiger charge is 2.40. The van der Waals surface area contributed by atoms with Gasteiger partial charge < -0.3 is 20.1 Å². The van der Waals surface area contributed by atoms with Crippen molar-refractivity contribution >= 4 is 18.0 Å². The lowest BCUT2D eigenvalue weighted by molar-refractivity contribution is -0.142. The highest BCUT2D eigenvalue weighted by atomic mass is 16.5. The summed E-state index contributed by atoms with van der Waals surface area (Å²) in [6, 6.07) is 16.1. The normalized spacial score (nSPS) is 22.1. The lowest BCUT2D eigenvalue weighted by atomic mass is 9.98. The Bertz CT molecular complexity index is 1070. The van der Waals surface area contributed by atoms with E-state index in [1.54, 1.807) is 4.90 Å². The first kappa shape index (κ1) is 22.4. The predicted molar refractivity (Wildman–Crippen MR) is 126 cm³/mol. The first-order valence-corrected chi connectivity index (χ1v) is 12.0. The van der Waals surface area contributed by atoms with E-state index < -0.39 is 18.0 Å². The van der Waals surface area contributed by atoms with Crippen LogP contribution >= 0.6 is 0 Å². The van der Waals surface area contributed by atoms with E-state index in [9.17, 15) is 19.5 Å². The molecule has 0 aromatic heterocycles. The summed E-state index contributed by atoms with van der Waals surface area (Å²) in [5.74, 6) is -1.32. The highest BCUT2D eigenvalue weighted by molar-refractivity contribution is 5.81. The van der Waals surface area contributed by atoms with Crippen LogP contribution in [0.25, 0.3) is 11.1 Å². The third-order valence-electron chi connectivity index (χ3n) is 7.51. The number of benzene rings is 2. The molecule has 3 atom stereocenters. The molecule has 0 spiro atoms. The number of fused-ring (bicyclic) bond motifs is 3. The minimum Gasteiger partial charge on any atom is -0.481 e. The Morgan fingerprint density at radius 2 is 1.65 bits per heavy atom. The van der Waals surface area contributed by atoms with Crippen molar-refractivity contribution in [2.24, 2.45) is 17.8 Å². The van der Waals surface area contributed by atoms with Gasteiger partial charge in [-0.1, -0.05) is 55.5 Å². The molecular formula is C27H30N2O5. The summed E-state index contributed by atoms with van der Waals surface area (Å²) in [6.45, 7) is 2.77. The van der Waals surface area contributed by atoms with Crippen molar-refractivity contribution in [3.05, 3.63) is 59.7 Å². The quantitative estimate of drug-likeness (QED) is 0.651. The number of hydrogen-bond donors (Lipinski definition) is 2. The van der Waals surface area contributed by atoms with Gasteiger partial charge in [-0.15, -0.1) is 0 Å². The molecule has 1 saturated heterocycles. The number of hydrogen-bond acceptors (Lipinski definition) is 4. The molecule has 178 valence electrons. The molecule has 1 heterocycles. The Balaban J connectivity index is 1.19. The Hall–Kier alpha value is -3.35. The number of carboxylic acids is 1. The summed E-state index contributed by atoms with van der Waals surface area (Å²) in [5.41, 5.74) is 4.66. The summed E-state index contributed by atoms with van der Waals surface area (Å²) in [4.78, 5) is 38.6. The Labute approximate surface area is 199 Å². The van der Waals surface area contributed by atoms with Crippen LogP contribution in [0.15, 0.2) is 48.5 Å². The average molecular weight is 463 g/mol. The second kappa shape index (κ2) is 9.12. The summed E-state index contributed by atoms with van der Waals surface area (Å²) >= 11 is 0. The zero-order valence-electron chi connectivity index (χ0n) is 19.3. The molecule has 2 fully saturated rings. The molecule has 2 amide bonds. The second-order valence-electron chi connectivity index (χ2n) is 9.84. The van der Waals surface area contributed by atoms with Crippen LogP contribution in [0.1, 0.15) is 43.2 Å². The highest BCUT2D eigenvalue weighted by Crippen LogP contribution is 2.44. The number of ether oxygens (including phenoxy) is 1. The van der Waals surface area contributed by atoms with Gasteiger partial charge >= 0.3 is 12.1 Å². The van der Waals surface area contributed by atoms with Crippen molar-refractivity contribution in [1.29, 1.82) is 0 Å². The van der Waals surface area contributed by atoms with E-state index in [1.807, 2.05) is 31.2 Å². The van der Waals surface area contributed by atoms with Crippen LogP contribution in [0.2, 0.25) is 0 Å². The molecule has 0 bridgehead atoms. The van der Waals surface area contributed by atoms with Crippen LogP contribution in [0.4, 0.5) is 4.79 Å². The number of aliphatic carboxylic acids is 1. The van der Waals surface area contributed by atoms with E-state index in [1.165, 1.54) is 11.1 Å². The van der Waals surface area contributed by atoms with Crippen LogP contribution in [0.5, 0.6) is 0 Å². The van der Waals surface area contributed by atoms with Crippen molar-refractivity contribution < 1.29 is 24.2 Å². The predicted octanol–water partition coefficient (Wildman–Crippen LogP) is 3.87. The van der Waals surface area contributed by atoms with E-state index in [2.05, 4.69) is 29.6 Å². The Morgan fingerprint density at radius 1 is 1.03 bits per heavy atom. The number of nitrogens with one attached hydrogen (secondary N) is 1. The van der Waals surface area contributed by atoms with Crippen LogP contribution in [-0.4, -0.2) is 53.7 Å². The summed E-state index contributed by atoms with van der Waals surface area (Å²) in [7, 11) is 0.